The molecular formula is C8H15NO. The molecule has 10 heavy (non-hydrogen) atoms. The fraction of sp³-hybridized carbons (Fsp3) is 0.625. The fourth-order valence-corrected chi connectivity index (χ4v) is 0.686. The van der Waals surface area contributed by atoms with Crippen LogP contribution < -0.4 is 5.32 Å². The standard InChI is InChI=1S/C8H15NO/c1-4-5-7(2)6-9-8(3)10/h4,7H,1,5-6H2,2-3H3,(H,9,10)/t7-/m1/s1. The van der Waals surface area contributed by atoms with Crippen molar-refractivity contribution in [2.45, 2.75) is 20.3 Å². The van der Waals surface area contributed by atoms with Gasteiger partial charge in [-0.25, -0.2) is 0 Å². The summed E-state index contributed by atoms with van der Waals surface area (Å²) in [7, 11) is 0. The summed E-state index contributed by atoms with van der Waals surface area (Å²) in [6.07, 6.45) is 2.83. The molecular weight excluding hydrogens is 126 g/mol. The molecule has 0 saturated carbocycles. The van der Waals surface area contributed by atoms with Crippen LogP contribution in [0.1, 0.15) is 20.3 Å². The van der Waals surface area contributed by atoms with Crippen LogP contribution in [0.5, 0.6) is 0 Å². The fourth-order valence-electron chi connectivity index (χ4n) is 0.686. The summed E-state index contributed by atoms with van der Waals surface area (Å²) in [5.74, 6) is 0.539. The van der Waals surface area contributed by atoms with Gasteiger partial charge in [0.2, 0.25) is 5.91 Å². The number of hydrogen-bond acceptors (Lipinski definition) is 1. The van der Waals surface area contributed by atoms with Gasteiger partial charge in [0.25, 0.3) is 0 Å². The maximum atomic E-state index is 10.4. The van der Waals surface area contributed by atoms with Gasteiger partial charge in [-0.2, -0.15) is 0 Å². The summed E-state index contributed by atoms with van der Waals surface area (Å²) in [5, 5.41) is 2.74. The van der Waals surface area contributed by atoms with E-state index in [0.717, 1.165) is 13.0 Å². The average Bonchev–Trinajstić information content (AvgIpc) is 1.85. The minimum absolute atomic E-state index is 0.0379. The van der Waals surface area contributed by atoms with Crippen LogP contribution in [-0.2, 0) is 4.79 Å². The molecule has 0 fully saturated rings. The molecule has 2 heteroatoms. The molecule has 0 aliphatic carbocycles. The molecule has 1 atom stereocenters. The number of hydrogen-bond donors (Lipinski definition) is 1. The second-order valence-corrected chi connectivity index (χ2v) is 2.57. The molecule has 1 N–H and O–H groups in total. The zero-order chi connectivity index (χ0) is 7.98. The third kappa shape index (κ3) is 5.35. The topological polar surface area (TPSA) is 29.1 Å². The van der Waals surface area contributed by atoms with Crippen molar-refractivity contribution >= 4 is 5.91 Å². The summed E-state index contributed by atoms with van der Waals surface area (Å²) in [6.45, 7) is 7.98. The van der Waals surface area contributed by atoms with Crippen LogP contribution in [0.15, 0.2) is 12.7 Å². The molecule has 0 spiro atoms. The molecule has 0 saturated heterocycles. The van der Waals surface area contributed by atoms with Crippen molar-refractivity contribution in [3.8, 4) is 0 Å². The lowest BCUT2D eigenvalue weighted by Gasteiger charge is -2.07. The predicted octanol–water partition coefficient (Wildman–Crippen LogP) is 1.33. The first-order chi connectivity index (χ1) is 4.66. The minimum atomic E-state index is 0.0379. The van der Waals surface area contributed by atoms with E-state index < -0.39 is 0 Å². The Balaban J connectivity index is 3.29. The lowest BCUT2D eigenvalue weighted by molar-refractivity contribution is -0.119. The molecule has 0 radical (unpaired) electrons. The second-order valence-electron chi connectivity index (χ2n) is 2.57. The van der Waals surface area contributed by atoms with Crippen molar-refractivity contribution in [1.29, 1.82) is 0 Å². The highest BCUT2D eigenvalue weighted by atomic mass is 16.1. The number of allylic oxidation sites excluding steroid dienone is 1. The van der Waals surface area contributed by atoms with Crippen LogP contribution >= 0.6 is 0 Å². The molecule has 58 valence electrons. The van der Waals surface area contributed by atoms with E-state index in [1.807, 2.05) is 6.08 Å². The minimum Gasteiger partial charge on any atom is -0.356 e. The molecule has 0 aromatic rings. The van der Waals surface area contributed by atoms with Crippen LogP contribution in [0.2, 0.25) is 0 Å². The molecule has 0 unspecified atom stereocenters. The molecule has 0 aliphatic heterocycles. The van der Waals surface area contributed by atoms with E-state index in [4.69, 9.17) is 0 Å². The van der Waals surface area contributed by atoms with Crippen molar-refractivity contribution in [2.24, 2.45) is 5.92 Å². The van der Waals surface area contributed by atoms with Crippen molar-refractivity contribution < 1.29 is 4.79 Å². The highest BCUT2D eigenvalue weighted by molar-refractivity contribution is 5.72. The van der Waals surface area contributed by atoms with E-state index in [1.54, 1.807) is 0 Å². The van der Waals surface area contributed by atoms with Gasteiger partial charge in [0, 0.05) is 13.5 Å². The Labute approximate surface area is 62.3 Å². The van der Waals surface area contributed by atoms with E-state index in [9.17, 15) is 4.79 Å². The lowest BCUT2D eigenvalue weighted by atomic mass is 10.1. The zero-order valence-corrected chi connectivity index (χ0v) is 6.68. The maximum absolute atomic E-state index is 10.4. The Kier molecular flexibility index (Phi) is 4.63. The number of amides is 1. The molecule has 0 aromatic carbocycles. The normalized spacial score (nSPS) is 12.2. The number of carbonyl (C=O) groups is 1. The molecule has 0 rings (SSSR count). The van der Waals surface area contributed by atoms with Crippen LogP contribution in [0.3, 0.4) is 0 Å². The van der Waals surface area contributed by atoms with Crippen LogP contribution in [-0.4, -0.2) is 12.5 Å². The van der Waals surface area contributed by atoms with Gasteiger partial charge in [-0.1, -0.05) is 13.0 Å². The van der Waals surface area contributed by atoms with Gasteiger partial charge >= 0.3 is 0 Å². The van der Waals surface area contributed by atoms with Gasteiger partial charge in [0.15, 0.2) is 0 Å². The zero-order valence-electron chi connectivity index (χ0n) is 6.68. The van der Waals surface area contributed by atoms with Gasteiger partial charge in [0.1, 0.15) is 0 Å². The van der Waals surface area contributed by atoms with Crippen LogP contribution in [0, 0.1) is 5.92 Å². The Morgan fingerprint density at radius 1 is 1.80 bits per heavy atom. The Hall–Kier alpha value is -0.790. The number of nitrogens with one attached hydrogen (secondary N) is 1. The van der Waals surface area contributed by atoms with Crippen LogP contribution in [0.25, 0.3) is 0 Å². The van der Waals surface area contributed by atoms with Gasteiger partial charge < -0.3 is 5.32 Å². The highest BCUT2D eigenvalue weighted by Gasteiger charge is 1.98. The summed E-state index contributed by atoms with van der Waals surface area (Å²) in [6, 6.07) is 0. The second kappa shape index (κ2) is 5.03. The summed E-state index contributed by atoms with van der Waals surface area (Å²) in [4.78, 5) is 10.4. The number of carbonyl (C=O) groups excluding carboxylic acids is 1. The third-order valence-electron chi connectivity index (χ3n) is 1.27. The number of rotatable bonds is 4. The van der Waals surface area contributed by atoms with Gasteiger partial charge in [-0.05, 0) is 12.3 Å². The van der Waals surface area contributed by atoms with Crippen molar-refractivity contribution in [1.82, 2.24) is 5.32 Å². The highest BCUT2D eigenvalue weighted by Crippen LogP contribution is 1.98. The Bertz CT molecular complexity index is 120. The average molecular weight is 141 g/mol. The molecule has 1 amide bonds. The third-order valence-corrected chi connectivity index (χ3v) is 1.27. The Morgan fingerprint density at radius 2 is 2.40 bits per heavy atom. The lowest BCUT2D eigenvalue weighted by Crippen LogP contribution is -2.25. The van der Waals surface area contributed by atoms with Crippen LogP contribution in [0.4, 0.5) is 0 Å². The maximum Gasteiger partial charge on any atom is 0.216 e. The van der Waals surface area contributed by atoms with Gasteiger partial charge in [-0.3, -0.25) is 4.79 Å². The predicted molar refractivity (Wildman–Crippen MR) is 42.7 cm³/mol. The van der Waals surface area contributed by atoms with E-state index in [2.05, 4.69) is 18.8 Å². The SMILES string of the molecule is C=CC[C@@H](C)CNC(C)=O. The first-order valence-electron chi connectivity index (χ1n) is 3.52. The van der Waals surface area contributed by atoms with E-state index in [0.29, 0.717) is 5.92 Å². The van der Waals surface area contributed by atoms with Gasteiger partial charge in [0.05, 0.1) is 0 Å². The smallest absolute Gasteiger partial charge is 0.216 e. The van der Waals surface area contributed by atoms with E-state index in [1.165, 1.54) is 6.92 Å². The van der Waals surface area contributed by atoms with Crippen molar-refractivity contribution in [2.75, 3.05) is 6.54 Å². The molecule has 0 bridgehead atoms. The molecule has 2 nitrogen and oxygen atoms in total. The van der Waals surface area contributed by atoms with Gasteiger partial charge in [-0.15, -0.1) is 6.58 Å². The largest absolute Gasteiger partial charge is 0.356 e. The first kappa shape index (κ1) is 9.21. The first-order valence-corrected chi connectivity index (χ1v) is 3.52. The molecule has 0 aliphatic rings. The van der Waals surface area contributed by atoms with Crippen molar-refractivity contribution in [3.05, 3.63) is 12.7 Å². The quantitative estimate of drug-likeness (QED) is 0.588. The van der Waals surface area contributed by atoms with Crippen molar-refractivity contribution in [3.63, 3.8) is 0 Å². The summed E-state index contributed by atoms with van der Waals surface area (Å²) >= 11 is 0. The Morgan fingerprint density at radius 3 is 2.80 bits per heavy atom. The summed E-state index contributed by atoms with van der Waals surface area (Å²) < 4.78 is 0. The molecule has 0 aromatic heterocycles. The van der Waals surface area contributed by atoms with E-state index >= 15 is 0 Å². The summed E-state index contributed by atoms with van der Waals surface area (Å²) in [5.41, 5.74) is 0. The molecule has 0 heterocycles. The van der Waals surface area contributed by atoms with E-state index in [-0.39, 0.29) is 5.91 Å². The monoisotopic (exact) mass is 141 g/mol.